The molecule has 0 heterocycles. The third kappa shape index (κ3) is 3.72. The van der Waals surface area contributed by atoms with Gasteiger partial charge in [-0.1, -0.05) is 23.8 Å². The number of quaternary nitrogens is 1. The van der Waals surface area contributed by atoms with E-state index in [4.69, 9.17) is 0 Å². The van der Waals surface area contributed by atoms with Crippen LogP contribution in [0.3, 0.4) is 0 Å². The van der Waals surface area contributed by atoms with Gasteiger partial charge in [-0.15, -0.1) is 0 Å². The Balaban J connectivity index is 2.14. The molecular formula is C11H20N+. The van der Waals surface area contributed by atoms with Crippen LogP contribution in [0.25, 0.3) is 0 Å². The normalized spacial score (nSPS) is 16.8. The van der Waals surface area contributed by atoms with Crippen molar-refractivity contribution in [2.45, 2.75) is 19.3 Å². The molecule has 1 aliphatic carbocycles. The van der Waals surface area contributed by atoms with Crippen molar-refractivity contribution in [3.63, 3.8) is 0 Å². The van der Waals surface area contributed by atoms with Gasteiger partial charge in [0.15, 0.2) is 0 Å². The van der Waals surface area contributed by atoms with Gasteiger partial charge in [0, 0.05) is 6.42 Å². The summed E-state index contributed by atoms with van der Waals surface area (Å²) in [5, 5.41) is 0. The van der Waals surface area contributed by atoms with Crippen molar-refractivity contribution in [2.24, 2.45) is 0 Å². The summed E-state index contributed by atoms with van der Waals surface area (Å²) < 4.78 is 1.08. The largest absolute Gasteiger partial charge is 0.331 e. The fraction of sp³-hybridized carbons (Fsp3) is 0.636. The molecule has 0 N–H and O–H groups in total. The highest BCUT2D eigenvalue weighted by Crippen LogP contribution is 2.14. The monoisotopic (exact) mass is 166 g/mol. The van der Waals surface area contributed by atoms with E-state index in [-0.39, 0.29) is 0 Å². The Labute approximate surface area is 76.0 Å². The number of rotatable bonds is 4. The molecule has 1 rings (SSSR count). The van der Waals surface area contributed by atoms with Crippen LogP contribution in [0.4, 0.5) is 0 Å². The van der Waals surface area contributed by atoms with Crippen molar-refractivity contribution < 1.29 is 4.48 Å². The second-order valence-electron chi connectivity index (χ2n) is 4.53. The summed E-state index contributed by atoms with van der Waals surface area (Å²) in [7, 11) is 6.75. The van der Waals surface area contributed by atoms with E-state index in [0.717, 1.165) is 10.9 Å². The lowest BCUT2D eigenvalue weighted by atomic mass is 10.1. The number of hydrogen-bond acceptors (Lipinski definition) is 0. The zero-order valence-electron chi connectivity index (χ0n) is 8.51. The number of hydrogen-bond donors (Lipinski definition) is 0. The maximum atomic E-state index is 2.33. The Morgan fingerprint density at radius 3 is 2.58 bits per heavy atom. The predicted octanol–water partition coefficient (Wildman–Crippen LogP) is 2.36. The van der Waals surface area contributed by atoms with Gasteiger partial charge in [0.05, 0.1) is 27.7 Å². The highest BCUT2D eigenvalue weighted by molar-refractivity contribution is 5.25. The molecule has 0 aromatic carbocycles. The Bertz CT molecular complexity index is 194. The highest BCUT2D eigenvalue weighted by Gasteiger charge is 2.06. The standard InChI is InChI=1S/C11H20N/c1-12(2,3)10-6-9-11-7-4-5-8-11/h4,7-8H,5-6,9-10H2,1-3H3/q+1. The van der Waals surface area contributed by atoms with Crippen LogP contribution in [-0.2, 0) is 0 Å². The van der Waals surface area contributed by atoms with E-state index in [9.17, 15) is 0 Å². The molecule has 0 unspecified atom stereocenters. The molecule has 0 atom stereocenters. The third-order valence-electron chi connectivity index (χ3n) is 2.14. The zero-order valence-corrected chi connectivity index (χ0v) is 8.51. The average molecular weight is 166 g/mol. The van der Waals surface area contributed by atoms with E-state index < -0.39 is 0 Å². The molecule has 0 saturated heterocycles. The Kier molecular flexibility index (Phi) is 3.10. The van der Waals surface area contributed by atoms with Crippen LogP contribution in [0.2, 0.25) is 0 Å². The zero-order chi connectivity index (χ0) is 9.03. The minimum Gasteiger partial charge on any atom is -0.331 e. The van der Waals surface area contributed by atoms with Crippen LogP contribution < -0.4 is 0 Å². The fourth-order valence-corrected chi connectivity index (χ4v) is 1.45. The van der Waals surface area contributed by atoms with Gasteiger partial charge < -0.3 is 4.48 Å². The van der Waals surface area contributed by atoms with Crippen molar-refractivity contribution in [3.8, 4) is 0 Å². The molecule has 1 nitrogen and oxygen atoms in total. The first-order chi connectivity index (χ1) is 5.58. The number of allylic oxidation sites excluding steroid dienone is 4. The summed E-state index contributed by atoms with van der Waals surface area (Å²) >= 11 is 0. The van der Waals surface area contributed by atoms with E-state index in [2.05, 4.69) is 39.4 Å². The first-order valence-electron chi connectivity index (χ1n) is 4.74. The molecule has 0 fully saturated rings. The SMILES string of the molecule is C[N+](C)(C)CCCC1=CCC=C1. The van der Waals surface area contributed by atoms with Crippen molar-refractivity contribution in [2.75, 3.05) is 27.7 Å². The fourth-order valence-electron chi connectivity index (χ4n) is 1.45. The minimum atomic E-state index is 1.08. The molecule has 0 radical (unpaired) electrons. The average Bonchev–Trinajstić information content (AvgIpc) is 2.36. The van der Waals surface area contributed by atoms with E-state index in [0.29, 0.717) is 0 Å². The van der Waals surface area contributed by atoms with Crippen LogP contribution in [0.1, 0.15) is 19.3 Å². The maximum absolute atomic E-state index is 2.33. The minimum absolute atomic E-state index is 1.08. The Morgan fingerprint density at radius 1 is 1.33 bits per heavy atom. The van der Waals surface area contributed by atoms with Crippen LogP contribution in [0.15, 0.2) is 23.8 Å². The Morgan fingerprint density at radius 2 is 2.08 bits per heavy atom. The third-order valence-corrected chi connectivity index (χ3v) is 2.14. The molecule has 0 saturated carbocycles. The van der Waals surface area contributed by atoms with Gasteiger partial charge in [0.2, 0.25) is 0 Å². The summed E-state index contributed by atoms with van der Waals surface area (Å²) in [5.41, 5.74) is 1.53. The van der Waals surface area contributed by atoms with E-state index in [1.807, 2.05) is 0 Å². The molecule has 0 aliphatic heterocycles. The van der Waals surface area contributed by atoms with Gasteiger partial charge in [-0.2, -0.15) is 0 Å². The molecule has 0 bridgehead atoms. The van der Waals surface area contributed by atoms with Crippen molar-refractivity contribution in [3.05, 3.63) is 23.8 Å². The summed E-state index contributed by atoms with van der Waals surface area (Å²) in [5.74, 6) is 0. The molecule has 1 heteroatoms. The van der Waals surface area contributed by atoms with Gasteiger partial charge in [0.1, 0.15) is 0 Å². The van der Waals surface area contributed by atoms with Crippen molar-refractivity contribution in [1.82, 2.24) is 0 Å². The second-order valence-corrected chi connectivity index (χ2v) is 4.53. The molecule has 0 spiro atoms. The summed E-state index contributed by atoms with van der Waals surface area (Å²) in [4.78, 5) is 0. The van der Waals surface area contributed by atoms with Gasteiger partial charge in [-0.05, 0) is 12.8 Å². The van der Waals surface area contributed by atoms with Crippen LogP contribution >= 0.6 is 0 Å². The molecule has 0 amide bonds. The van der Waals surface area contributed by atoms with Gasteiger partial charge in [-0.25, -0.2) is 0 Å². The summed E-state index contributed by atoms with van der Waals surface area (Å²) in [6, 6.07) is 0. The van der Waals surface area contributed by atoms with Crippen molar-refractivity contribution >= 4 is 0 Å². The maximum Gasteiger partial charge on any atom is 0.0783 e. The molecule has 68 valence electrons. The Hall–Kier alpha value is -0.560. The predicted molar refractivity (Wildman–Crippen MR) is 54.0 cm³/mol. The van der Waals surface area contributed by atoms with E-state index in [1.165, 1.54) is 25.0 Å². The molecule has 0 aromatic heterocycles. The molecule has 12 heavy (non-hydrogen) atoms. The molecule has 0 aromatic rings. The summed E-state index contributed by atoms with van der Waals surface area (Å²) in [6.07, 6.45) is 10.5. The van der Waals surface area contributed by atoms with E-state index >= 15 is 0 Å². The van der Waals surface area contributed by atoms with Crippen molar-refractivity contribution in [1.29, 1.82) is 0 Å². The molecular weight excluding hydrogens is 146 g/mol. The van der Waals surface area contributed by atoms with E-state index in [1.54, 1.807) is 0 Å². The van der Waals surface area contributed by atoms with Crippen LogP contribution in [0, 0.1) is 0 Å². The van der Waals surface area contributed by atoms with Gasteiger partial charge >= 0.3 is 0 Å². The summed E-state index contributed by atoms with van der Waals surface area (Å²) in [6.45, 7) is 1.27. The quantitative estimate of drug-likeness (QED) is 0.562. The second kappa shape index (κ2) is 3.90. The van der Waals surface area contributed by atoms with Gasteiger partial charge in [0.25, 0.3) is 0 Å². The highest BCUT2D eigenvalue weighted by atomic mass is 15.3. The topological polar surface area (TPSA) is 0 Å². The lowest BCUT2D eigenvalue weighted by Gasteiger charge is -2.23. The first kappa shape index (κ1) is 9.53. The lowest BCUT2D eigenvalue weighted by Crippen LogP contribution is -2.35. The lowest BCUT2D eigenvalue weighted by molar-refractivity contribution is -0.870. The first-order valence-corrected chi connectivity index (χ1v) is 4.74. The molecule has 1 aliphatic rings. The smallest absolute Gasteiger partial charge is 0.0783 e. The number of nitrogens with zero attached hydrogens (tertiary/aromatic N) is 1. The van der Waals surface area contributed by atoms with Crippen LogP contribution in [-0.4, -0.2) is 32.2 Å². The van der Waals surface area contributed by atoms with Gasteiger partial charge in [-0.3, -0.25) is 0 Å². The van der Waals surface area contributed by atoms with Crippen LogP contribution in [0.5, 0.6) is 0 Å².